The summed E-state index contributed by atoms with van der Waals surface area (Å²) in [6.45, 7) is 5.84. The van der Waals surface area contributed by atoms with Crippen molar-refractivity contribution in [2.24, 2.45) is 0 Å². The Morgan fingerprint density at radius 3 is 2.60 bits per heavy atom. The van der Waals surface area contributed by atoms with Gasteiger partial charge in [-0.25, -0.2) is 0 Å². The van der Waals surface area contributed by atoms with Crippen LogP contribution in [-0.2, 0) is 0 Å². The van der Waals surface area contributed by atoms with Crippen molar-refractivity contribution in [3.05, 3.63) is 54.2 Å². The Labute approximate surface area is 130 Å². The van der Waals surface area contributed by atoms with Crippen LogP contribution >= 0.6 is 27.3 Å². The number of hydrogen-bond donors (Lipinski definition) is 1. The minimum Gasteiger partial charge on any atom is -0.377 e. The first-order valence-corrected chi connectivity index (χ1v) is 7.77. The molecule has 0 aliphatic heterocycles. The van der Waals surface area contributed by atoms with E-state index in [0.717, 1.165) is 10.2 Å². The third kappa shape index (κ3) is 3.19. The third-order valence-corrected chi connectivity index (χ3v) is 4.88. The molecular weight excluding hydrogens is 340 g/mol. The number of nitro groups is 1. The zero-order chi connectivity index (χ0) is 14.9. The normalized spacial score (nSPS) is 12.2. The summed E-state index contributed by atoms with van der Waals surface area (Å²) in [7, 11) is 0. The third-order valence-electron chi connectivity index (χ3n) is 3.04. The molecule has 0 spiro atoms. The molecule has 1 heterocycles. The lowest BCUT2D eigenvalue weighted by molar-refractivity contribution is -0.385. The topological polar surface area (TPSA) is 55.2 Å². The summed E-state index contributed by atoms with van der Waals surface area (Å²) in [5.41, 5.74) is 1.51. The summed E-state index contributed by atoms with van der Waals surface area (Å²) >= 11 is 5.18. The Hall–Kier alpha value is -1.40. The number of rotatable bonds is 4. The smallest absolute Gasteiger partial charge is 0.274 e. The zero-order valence-corrected chi connectivity index (χ0v) is 13.8. The van der Waals surface area contributed by atoms with Crippen LogP contribution < -0.4 is 5.32 Å². The van der Waals surface area contributed by atoms with Crippen molar-refractivity contribution in [3.8, 4) is 0 Å². The average Bonchev–Trinajstić information content (AvgIpc) is 2.79. The van der Waals surface area contributed by atoms with Crippen molar-refractivity contribution in [2.75, 3.05) is 5.32 Å². The number of halogens is 1. The van der Waals surface area contributed by atoms with Crippen molar-refractivity contribution in [1.82, 2.24) is 0 Å². The van der Waals surface area contributed by atoms with E-state index in [9.17, 15) is 10.1 Å². The Balaban J connectivity index is 2.29. The summed E-state index contributed by atoms with van der Waals surface area (Å²) in [4.78, 5) is 13.1. The second-order valence-electron chi connectivity index (χ2n) is 4.69. The van der Waals surface area contributed by atoms with E-state index < -0.39 is 0 Å². The molecule has 2 aromatic rings. The van der Waals surface area contributed by atoms with E-state index in [0.29, 0.717) is 5.56 Å². The van der Waals surface area contributed by atoms with Crippen LogP contribution in [-0.4, -0.2) is 4.92 Å². The van der Waals surface area contributed by atoms with Crippen molar-refractivity contribution >= 4 is 38.6 Å². The van der Waals surface area contributed by atoms with E-state index in [1.54, 1.807) is 30.4 Å². The molecule has 2 rings (SSSR count). The van der Waals surface area contributed by atoms with Crippen LogP contribution in [0.15, 0.2) is 28.7 Å². The average molecular weight is 355 g/mol. The van der Waals surface area contributed by atoms with Crippen molar-refractivity contribution in [2.45, 2.75) is 26.8 Å². The quantitative estimate of drug-likeness (QED) is 0.605. The predicted octanol–water partition coefficient (Wildman–Crippen LogP) is 5.21. The highest BCUT2D eigenvalue weighted by Crippen LogP contribution is 2.34. The predicted molar refractivity (Wildman–Crippen MR) is 86.6 cm³/mol. The van der Waals surface area contributed by atoms with E-state index in [-0.39, 0.29) is 16.7 Å². The van der Waals surface area contributed by atoms with E-state index in [1.165, 1.54) is 9.75 Å². The zero-order valence-electron chi connectivity index (χ0n) is 11.4. The lowest BCUT2D eigenvalue weighted by Gasteiger charge is -2.15. The number of nitrogens with zero attached hydrogens (tertiary/aromatic N) is 1. The maximum absolute atomic E-state index is 11.0. The second-order valence-corrected chi connectivity index (χ2v) is 6.86. The van der Waals surface area contributed by atoms with Gasteiger partial charge in [0.25, 0.3) is 5.69 Å². The lowest BCUT2D eigenvalue weighted by Crippen LogP contribution is -2.06. The van der Waals surface area contributed by atoms with Gasteiger partial charge in [0.05, 0.1) is 16.7 Å². The number of nitro benzene ring substituents is 1. The van der Waals surface area contributed by atoms with Gasteiger partial charge in [-0.15, -0.1) is 11.3 Å². The highest BCUT2D eigenvalue weighted by atomic mass is 79.9. The Bertz CT molecular complexity index is 655. The van der Waals surface area contributed by atoms with Gasteiger partial charge in [0, 0.05) is 25.9 Å². The first-order valence-electron chi connectivity index (χ1n) is 6.16. The Morgan fingerprint density at radius 1 is 1.35 bits per heavy atom. The highest BCUT2D eigenvalue weighted by molar-refractivity contribution is 9.10. The van der Waals surface area contributed by atoms with Gasteiger partial charge in [0.2, 0.25) is 0 Å². The van der Waals surface area contributed by atoms with Crippen LogP contribution in [0.3, 0.4) is 0 Å². The molecule has 0 aliphatic rings. The first-order chi connectivity index (χ1) is 9.38. The molecule has 4 nitrogen and oxygen atoms in total. The molecule has 0 fully saturated rings. The maximum Gasteiger partial charge on any atom is 0.274 e. The van der Waals surface area contributed by atoms with Crippen molar-refractivity contribution < 1.29 is 4.92 Å². The summed E-state index contributed by atoms with van der Waals surface area (Å²) in [6, 6.07) is 7.61. The van der Waals surface area contributed by atoms with Crippen molar-refractivity contribution in [3.63, 3.8) is 0 Å². The molecule has 1 N–H and O–H groups in total. The molecule has 0 bridgehead atoms. The summed E-state index contributed by atoms with van der Waals surface area (Å²) in [6.07, 6.45) is 0. The first kappa shape index (κ1) is 15.0. The maximum atomic E-state index is 11.0. The number of benzene rings is 1. The number of nitrogens with one attached hydrogen (secondary N) is 1. The molecule has 1 unspecified atom stereocenters. The van der Waals surface area contributed by atoms with E-state index in [1.807, 2.05) is 6.92 Å². The Kier molecular flexibility index (Phi) is 4.45. The van der Waals surface area contributed by atoms with Crippen molar-refractivity contribution in [1.29, 1.82) is 0 Å². The van der Waals surface area contributed by atoms with Gasteiger partial charge in [-0.3, -0.25) is 10.1 Å². The molecule has 0 saturated heterocycles. The molecule has 0 amide bonds. The van der Waals surface area contributed by atoms with Gasteiger partial charge in [-0.05, 0) is 54.9 Å². The fourth-order valence-electron chi connectivity index (χ4n) is 1.96. The minimum absolute atomic E-state index is 0.104. The van der Waals surface area contributed by atoms with Gasteiger partial charge in [-0.2, -0.15) is 0 Å². The minimum atomic E-state index is -0.354. The van der Waals surface area contributed by atoms with Gasteiger partial charge in [0.15, 0.2) is 0 Å². The van der Waals surface area contributed by atoms with E-state index in [2.05, 4.69) is 40.3 Å². The van der Waals surface area contributed by atoms with E-state index in [4.69, 9.17) is 0 Å². The number of thiophene rings is 1. The highest BCUT2D eigenvalue weighted by Gasteiger charge is 2.16. The SMILES string of the molecule is Cc1ccc(C(C)Nc2cc([N+](=O)[O-])c(C)cc2Br)s1. The van der Waals surface area contributed by atoms with Gasteiger partial charge < -0.3 is 5.32 Å². The monoisotopic (exact) mass is 354 g/mol. The van der Waals surface area contributed by atoms with Crippen LogP contribution in [0.4, 0.5) is 11.4 Å². The van der Waals surface area contributed by atoms with Gasteiger partial charge in [-0.1, -0.05) is 0 Å². The molecule has 1 atom stereocenters. The van der Waals surface area contributed by atoms with Gasteiger partial charge >= 0.3 is 0 Å². The molecule has 0 aliphatic carbocycles. The number of anilines is 1. The van der Waals surface area contributed by atoms with Crippen LogP contribution in [0.2, 0.25) is 0 Å². The van der Waals surface area contributed by atoms with Crippen LogP contribution in [0.1, 0.15) is 28.3 Å². The largest absolute Gasteiger partial charge is 0.377 e. The molecular formula is C14H15BrN2O2S. The van der Waals surface area contributed by atoms with Crippen LogP contribution in [0, 0.1) is 24.0 Å². The fraction of sp³-hybridized carbons (Fsp3) is 0.286. The molecule has 20 heavy (non-hydrogen) atoms. The molecule has 6 heteroatoms. The molecule has 1 aromatic heterocycles. The number of hydrogen-bond acceptors (Lipinski definition) is 4. The van der Waals surface area contributed by atoms with Crippen LogP contribution in [0.25, 0.3) is 0 Å². The molecule has 0 saturated carbocycles. The second kappa shape index (κ2) is 5.93. The van der Waals surface area contributed by atoms with E-state index >= 15 is 0 Å². The van der Waals surface area contributed by atoms with Gasteiger partial charge in [0.1, 0.15) is 0 Å². The summed E-state index contributed by atoms with van der Waals surface area (Å²) in [5, 5.41) is 14.3. The Morgan fingerprint density at radius 2 is 2.05 bits per heavy atom. The summed E-state index contributed by atoms with van der Waals surface area (Å²) in [5.74, 6) is 0. The lowest BCUT2D eigenvalue weighted by atomic mass is 10.1. The fourth-order valence-corrected chi connectivity index (χ4v) is 3.41. The molecule has 0 radical (unpaired) electrons. The number of aryl methyl sites for hydroxylation is 2. The molecule has 1 aromatic carbocycles. The standard InChI is InChI=1S/C14H15BrN2O2S/c1-8-6-11(15)12(7-13(8)17(18)19)16-10(3)14-5-4-9(2)20-14/h4-7,10,16H,1-3H3. The molecule has 106 valence electrons. The van der Waals surface area contributed by atoms with Crippen LogP contribution in [0.5, 0.6) is 0 Å². The summed E-state index contributed by atoms with van der Waals surface area (Å²) < 4.78 is 0.834.